The van der Waals surface area contributed by atoms with E-state index in [1.54, 1.807) is 6.07 Å². The van der Waals surface area contributed by atoms with Gasteiger partial charge in [-0.25, -0.2) is 8.42 Å². The van der Waals surface area contributed by atoms with Crippen LogP contribution in [-0.4, -0.2) is 26.4 Å². The zero-order valence-corrected chi connectivity index (χ0v) is 18.2. The highest BCUT2D eigenvalue weighted by molar-refractivity contribution is 7.92. The van der Waals surface area contributed by atoms with E-state index in [2.05, 4.69) is 10.0 Å². The van der Waals surface area contributed by atoms with Gasteiger partial charge in [0.2, 0.25) is 0 Å². The molecule has 0 atom stereocenters. The maximum Gasteiger partial charge on any atom is 0.271 e. The molecule has 0 fully saturated rings. The van der Waals surface area contributed by atoms with E-state index >= 15 is 0 Å². The molecular weight excluding hydrogens is 434 g/mol. The number of non-ortho nitro benzene ring substituents is 1. The summed E-state index contributed by atoms with van der Waals surface area (Å²) in [5, 5.41) is 13.8. The van der Waals surface area contributed by atoms with Gasteiger partial charge < -0.3 is 10.1 Å². The van der Waals surface area contributed by atoms with Gasteiger partial charge in [-0.3, -0.25) is 19.6 Å². The fourth-order valence-corrected chi connectivity index (χ4v) is 4.08. The first-order chi connectivity index (χ1) is 15.2. The van der Waals surface area contributed by atoms with E-state index < -0.39 is 20.9 Å². The zero-order chi connectivity index (χ0) is 23.3. The van der Waals surface area contributed by atoms with E-state index in [0.29, 0.717) is 5.69 Å². The van der Waals surface area contributed by atoms with Crippen LogP contribution in [0.4, 0.5) is 17.1 Å². The first-order valence-electron chi connectivity index (χ1n) is 9.59. The first-order valence-corrected chi connectivity index (χ1v) is 11.1. The van der Waals surface area contributed by atoms with Crippen molar-refractivity contribution in [2.24, 2.45) is 0 Å². The van der Waals surface area contributed by atoms with Crippen molar-refractivity contribution in [2.45, 2.75) is 18.2 Å². The van der Waals surface area contributed by atoms with Crippen LogP contribution in [0, 0.1) is 10.1 Å². The number of ether oxygens (including phenoxy) is 1. The van der Waals surface area contributed by atoms with E-state index in [0.717, 1.165) is 18.1 Å². The molecule has 2 N–H and O–H groups in total. The van der Waals surface area contributed by atoms with Crippen LogP contribution in [0.25, 0.3) is 0 Å². The van der Waals surface area contributed by atoms with Crippen molar-refractivity contribution in [3.8, 4) is 5.75 Å². The standard InChI is InChI=1S/C22H21N3O6S/c1-3-15-6-4-8-17(12-15)23-22(26)16-7-5-9-19(13-16)32(29,30)24-20-14-18(25(27)28)10-11-21(20)31-2/h4-14,24H,3H2,1-2H3,(H,23,26). The molecule has 0 bridgehead atoms. The van der Waals surface area contributed by atoms with Crippen molar-refractivity contribution in [3.05, 3.63) is 88.0 Å². The Morgan fingerprint density at radius 1 is 1.06 bits per heavy atom. The highest BCUT2D eigenvalue weighted by Crippen LogP contribution is 2.31. The molecule has 0 aromatic heterocycles. The number of methoxy groups -OCH3 is 1. The molecular formula is C22H21N3O6S. The summed E-state index contributed by atoms with van der Waals surface area (Å²) in [7, 11) is -2.84. The Morgan fingerprint density at radius 3 is 2.50 bits per heavy atom. The van der Waals surface area contributed by atoms with Gasteiger partial charge in [0.05, 0.1) is 22.6 Å². The van der Waals surface area contributed by atoms with Gasteiger partial charge in [-0.05, 0) is 48.4 Å². The van der Waals surface area contributed by atoms with Crippen molar-refractivity contribution in [1.29, 1.82) is 0 Å². The maximum atomic E-state index is 12.9. The third-order valence-electron chi connectivity index (χ3n) is 4.64. The van der Waals surface area contributed by atoms with Crippen molar-refractivity contribution < 1.29 is 22.9 Å². The van der Waals surface area contributed by atoms with Crippen LogP contribution in [-0.2, 0) is 16.4 Å². The van der Waals surface area contributed by atoms with E-state index in [1.807, 2.05) is 25.1 Å². The van der Waals surface area contributed by atoms with Gasteiger partial charge in [-0.2, -0.15) is 0 Å². The second-order valence-corrected chi connectivity index (χ2v) is 8.47. The zero-order valence-electron chi connectivity index (χ0n) is 17.4. The van der Waals surface area contributed by atoms with Crippen LogP contribution in [0.2, 0.25) is 0 Å². The number of anilines is 2. The summed E-state index contributed by atoms with van der Waals surface area (Å²) in [6.07, 6.45) is 0.810. The second-order valence-electron chi connectivity index (χ2n) is 6.78. The van der Waals surface area contributed by atoms with Gasteiger partial charge in [0.1, 0.15) is 5.75 Å². The Hall–Kier alpha value is -3.92. The number of nitro groups is 1. The van der Waals surface area contributed by atoms with Gasteiger partial charge in [-0.1, -0.05) is 25.1 Å². The summed E-state index contributed by atoms with van der Waals surface area (Å²) < 4.78 is 33.2. The third-order valence-corrected chi connectivity index (χ3v) is 6.00. The lowest BCUT2D eigenvalue weighted by Gasteiger charge is -2.12. The Balaban J connectivity index is 1.87. The highest BCUT2D eigenvalue weighted by Gasteiger charge is 2.20. The van der Waals surface area contributed by atoms with E-state index in [1.165, 1.54) is 43.5 Å². The Labute approximate surface area is 185 Å². The van der Waals surface area contributed by atoms with Gasteiger partial charge in [0.25, 0.3) is 21.6 Å². The van der Waals surface area contributed by atoms with Crippen LogP contribution in [0.1, 0.15) is 22.8 Å². The summed E-state index contributed by atoms with van der Waals surface area (Å²) in [6.45, 7) is 2.00. The van der Waals surface area contributed by atoms with E-state index in [-0.39, 0.29) is 27.6 Å². The SMILES string of the molecule is CCc1cccc(NC(=O)c2cccc(S(=O)(=O)Nc3cc([N+](=O)[O-])ccc3OC)c2)c1. The molecule has 166 valence electrons. The number of rotatable bonds is 8. The number of benzene rings is 3. The van der Waals surface area contributed by atoms with Crippen molar-refractivity contribution >= 4 is 33.0 Å². The number of aryl methyl sites for hydroxylation is 1. The molecule has 0 aliphatic heterocycles. The number of carbonyl (C=O) groups excluding carboxylic acids is 1. The van der Waals surface area contributed by atoms with Crippen LogP contribution in [0.3, 0.4) is 0 Å². The van der Waals surface area contributed by atoms with Crippen LogP contribution < -0.4 is 14.8 Å². The van der Waals surface area contributed by atoms with Gasteiger partial charge in [-0.15, -0.1) is 0 Å². The molecule has 0 radical (unpaired) electrons. The number of hydrogen-bond acceptors (Lipinski definition) is 6. The molecule has 3 aromatic carbocycles. The van der Waals surface area contributed by atoms with Crippen molar-refractivity contribution in [2.75, 3.05) is 17.1 Å². The summed E-state index contributed by atoms with van der Waals surface area (Å²) in [4.78, 5) is 22.9. The lowest BCUT2D eigenvalue weighted by molar-refractivity contribution is -0.384. The van der Waals surface area contributed by atoms with Gasteiger partial charge in [0.15, 0.2) is 0 Å². The number of nitro benzene ring substituents is 1. The lowest BCUT2D eigenvalue weighted by atomic mass is 10.1. The number of nitrogens with one attached hydrogen (secondary N) is 2. The smallest absolute Gasteiger partial charge is 0.271 e. The monoisotopic (exact) mass is 455 g/mol. The molecule has 3 rings (SSSR count). The summed E-state index contributed by atoms with van der Waals surface area (Å²) in [6, 6.07) is 16.4. The molecule has 0 aliphatic rings. The quantitative estimate of drug-likeness (QED) is 0.387. The molecule has 0 saturated carbocycles. The molecule has 0 aliphatic carbocycles. The third kappa shape index (κ3) is 5.22. The average Bonchev–Trinajstić information content (AvgIpc) is 2.79. The summed E-state index contributed by atoms with van der Waals surface area (Å²) >= 11 is 0. The van der Waals surface area contributed by atoms with E-state index in [9.17, 15) is 23.3 Å². The topological polar surface area (TPSA) is 128 Å². The fraction of sp³-hybridized carbons (Fsp3) is 0.136. The molecule has 0 saturated heterocycles. The minimum atomic E-state index is -4.16. The Kier molecular flexibility index (Phi) is 6.74. The minimum absolute atomic E-state index is 0.0899. The number of sulfonamides is 1. The highest BCUT2D eigenvalue weighted by atomic mass is 32.2. The minimum Gasteiger partial charge on any atom is -0.495 e. The van der Waals surface area contributed by atoms with E-state index in [4.69, 9.17) is 4.74 Å². The van der Waals surface area contributed by atoms with Crippen LogP contribution >= 0.6 is 0 Å². The number of carbonyl (C=O) groups is 1. The molecule has 10 heteroatoms. The predicted molar refractivity (Wildman–Crippen MR) is 121 cm³/mol. The number of nitrogens with zero attached hydrogens (tertiary/aromatic N) is 1. The fourth-order valence-electron chi connectivity index (χ4n) is 2.97. The molecule has 9 nitrogen and oxygen atoms in total. The lowest BCUT2D eigenvalue weighted by Crippen LogP contribution is -2.16. The first kappa shape index (κ1) is 22.8. The molecule has 3 aromatic rings. The largest absolute Gasteiger partial charge is 0.495 e. The summed E-state index contributed by atoms with van der Waals surface area (Å²) in [5.74, 6) is -0.355. The normalized spacial score (nSPS) is 10.9. The molecule has 32 heavy (non-hydrogen) atoms. The predicted octanol–water partition coefficient (Wildman–Crippen LogP) is 4.22. The van der Waals surface area contributed by atoms with Gasteiger partial charge >= 0.3 is 0 Å². The average molecular weight is 455 g/mol. The van der Waals surface area contributed by atoms with Crippen LogP contribution in [0.5, 0.6) is 5.75 Å². The Bertz CT molecular complexity index is 1270. The van der Waals surface area contributed by atoms with Crippen LogP contribution in [0.15, 0.2) is 71.6 Å². The van der Waals surface area contributed by atoms with Crippen molar-refractivity contribution in [3.63, 3.8) is 0 Å². The molecule has 0 heterocycles. The Morgan fingerprint density at radius 2 is 1.81 bits per heavy atom. The molecule has 0 unspecified atom stereocenters. The van der Waals surface area contributed by atoms with Crippen molar-refractivity contribution in [1.82, 2.24) is 0 Å². The second kappa shape index (κ2) is 9.48. The molecule has 1 amide bonds. The number of amides is 1. The molecule has 0 spiro atoms. The summed E-state index contributed by atoms with van der Waals surface area (Å²) in [5.41, 5.74) is 1.40. The maximum absolute atomic E-state index is 12.9. The number of hydrogen-bond donors (Lipinski definition) is 2. The van der Waals surface area contributed by atoms with Gasteiger partial charge in [0, 0.05) is 23.4 Å².